The van der Waals surface area contributed by atoms with E-state index in [9.17, 15) is 5.11 Å². The van der Waals surface area contributed by atoms with E-state index in [1.807, 2.05) is 0 Å². The van der Waals surface area contributed by atoms with Crippen molar-refractivity contribution in [3.05, 3.63) is 17.5 Å². The first-order valence-corrected chi connectivity index (χ1v) is 4.88. The van der Waals surface area contributed by atoms with Gasteiger partial charge in [0.15, 0.2) is 0 Å². The van der Waals surface area contributed by atoms with Gasteiger partial charge in [0.25, 0.3) is 0 Å². The van der Waals surface area contributed by atoms with Gasteiger partial charge >= 0.3 is 0 Å². The van der Waals surface area contributed by atoms with Gasteiger partial charge in [-0.1, -0.05) is 20.8 Å². The molecule has 0 spiro atoms. The van der Waals surface area contributed by atoms with Crippen LogP contribution in [0.1, 0.15) is 44.6 Å². The lowest BCUT2D eigenvalue weighted by Crippen LogP contribution is -2.17. The Morgan fingerprint density at radius 3 is 2.71 bits per heavy atom. The molecule has 0 aromatic carbocycles. The Bertz CT molecular complexity index is 288. The van der Waals surface area contributed by atoms with Gasteiger partial charge in [-0.2, -0.15) is 5.10 Å². The topological polar surface area (TPSA) is 74.9 Å². The first-order chi connectivity index (χ1) is 6.46. The molecule has 1 rings (SSSR count). The first-order valence-electron chi connectivity index (χ1n) is 4.88. The normalized spacial score (nSPS) is 14.4. The zero-order valence-electron chi connectivity index (χ0n) is 9.04. The highest BCUT2D eigenvalue weighted by Crippen LogP contribution is 2.28. The molecule has 14 heavy (non-hydrogen) atoms. The van der Waals surface area contributed by atoms with Crippen molar-refractivity contribution in [3.8, 4) is 0 Å². The number of nitrogens with one attached hydrogen (secondary N) is 1. The van der Waals surface area contributed by atoms with E-state index in [1.54, 1.807) is 6.20 Å². The molecule has 0 aliphatic heterocycles. The molecule has 0 bridgehead atoms. The lowest BCUT2D eigenvalue weighted by Gasteiger charge is -2.20. The minimum absolute atomic E-state index is 0.0264. The van der Waals surface area contributed by atoms with Gasteiger partial charge in [0.2, 0.25) is 0 Å². The number of hydrogen-bond donors (Lipinski definition) is 3. The molecular weight excluding hydrogens is 178 g/mol. The fourth-order valence-electron chi connectivity index (χ4n) is 1.46. The van der Waals surface area contributed by atoms with Crippen molar-refractivity contribution in [2.45, 2.75) is 38.7 Å². The molecule has 0 saturated carbocycles. The maximum Gasteiger partial charge on any atom is 0.0835 e. The largest absolute Gasteiger partial charge is 0.388 e. The highest BCUT2D eigenvalue weighted by molar-refractivity contribution is 5.25. The van der Waals surface area contributed by atoms with E-state index < -0.39 is 6.10 Å². The van der Waals surface area contributed by atoms with Crippen LogP contribution in [0, 0.1) is 0 Å². The number of nitrogens with two attached hydrogens (primary N) is 1. The Kier molecular flexibility index (Phi) is 3.29. The van der Waals surface area contributed by atoms with Crippen molar-refractivity contribution in [1.29, 1.82) is 0 Å². The third kappa shape index (κ3) is 2.33. The van der Waals surface area contributed by atoms with Crippen LogP contribution in [0.2, 0.25) is 0 Å². The van der Waals surface area contributed by atoms with E-state index in [1.165, 1.54) is 0 Å². The van der Waals surface area contributed by atoms with Crippen LogP contribution in [0.4, 0.5) is 0 Å². The van der Waals surface area contributed by atoms with Crippen molar-refractivity contribution in [2.24, 2.45) is 5.73 Å². The summed E-state index contributed by atoms with van der Waals surface area (Å²) in [6.45, 7) is 6.73. The molecule has 0 radical (unpaired) electrons. The number of aromatic nitrogens is 2. The highest BCUT2D eigenvalue weighted by atomic mass is 16.3. The number of rotatable bonds is 3. The fraction of sp³-hybridized carbons (Fsp3) is 0.700. The molecule has 0 aliphatic carbocycles. The van der Waals surface area contributed by atoms with E-state index in [4.69, 9.17) is 5.73 Å². The van der Waals surface area contributed by atoms with Gasteiger partial charge in [0.1, 0.15) is 0 Å². The number of H-pyrrole nitrogens is 1. The quantitative estimate of drug-likeness (QED) is 0.679. The maximum atomic E-state index is 9.81. The monoisotopic (exact) mass is 197 g/mol. The van der Waals surface area contributed by atoms with Crippen molar-refractivity contribution in [3.63, 3.8) is 0 Å². The van der Waals surface area contributed by atoms with Crippen LogP contribution < -0.4 is 5.73 Å². The predicted molar refractivity (Wildman–Crippen MR) is 55.9 cm³/mol. The predicted octanol–water partition coefficient (Wildman–Crippen LogP) is 1.09. The average Bonchev–Trinajstić information content (AvgIpc) is 2.50. The first kappa shape index (κ1) is 11.2. The van der Waals surface area contributed by atoms with Crippen molar-refractivity contribution >= 4 is 0 Å². The molecule has 0 fully saturated rings. The zero-order chi connectivity index (χ0) is 10.8. The second-order valence-electron chi connectivity index (χ2n) is 4.54. The summed E-state index contributed by atoms with van der Waals surface area (Å²) < 4.78 is 0. The molecule has 4 N–H and O–H groups in total. The van der Waals surface area contributed by atoms with Gasteiger partial charge in [-0.3, -0.25) is 5.10 Å². The Morgan fingerprint density at radius 1 is 1.57 bits per heavy atom. The van der Waals surface area contributed by atoms with Crippen LogP contribution in [0.5, 0.6) is 0 Å². The number of aromatic amines is 1. The maximum absolute atomic E-state index is 9.81. The summed E-state index contributed by atoms with van der Waals surface area (Å²) in [5.41, 5.74) is 7.23. The summed E-state index contributed by atoms with van der Waals surface area (Å²) in [5.74, 6) is 0. The van der Waals surface area contributed by atoms with Gasteiger partial charge in [-0.05, 0) is 13.0 Å². The lowest BCUT2D eigenvalue weighted by atomic mass is 9.87. The summed E-state index contributed by atoms with van der Waals surface area (Å²) in [5, 5.41) is 16.7. The van der Waals surface area contributed by atoms with Gasteiger partial charge in [0.05, 0.1) is 12.3 Å². The number of hydrogen-bond acceptors (Lipinski definition) is 3. The Labute approximate surface area is 84.5 Å². The summed E-state index contributed by atoms with van der Waals surface area (Å²) in [4.78, 5) is 0. The minimum atomic E-state index is -0.507. The Hall–Kier alpha value is -0.870. The lowest BCUT2D eigenvalue weighted by molar-refractivity contribution is 0.168. The molecule has 4 heteroatoms. The molecule has 4 nitrogen and oxygen atoms in total. The van der Waals surface area contributed by atoms with Crippen molar-refractivity contribution in [1.82, 2.24) is 10.2 Å². The van der Waals surface area contributed by atoms with Crippen LogP contribution in [-0.2, 0) is 5.41 Å². The molecule has 1 heterocycles. The van der Waals surface area contributed by atoms with Gasteiger partial charge in [-0.15, -0.1) is 0 Å². The second kappa shape index (κ2) is 4.11. The van der Waals surface area contributed by atoms with E-state index in [-0.39, 0.29) is 5.41 Å². The summed E-state index contributed by atoms with van der Waals surface area (Å²) >= 11 is 0. The molecule has 0 saturated heterocycles. The molecular formula is C10H19N3O. The van der Waals surface area contributed by atoms with E-state index in [0.717, 1.165) is 11.3 Å². The number of nitrogens with zero attached hydrogens (tertiary/aromatic N) is 1. The van der Waals surface area contributed by atoms with Gasteiger partial charge in [-0.25, -0.2) is 0 Å². The summed E-state index contributed by atoms with van der Waals surface area (Å²) in [6.07, 6.45) is 1.75. The van der Waals surface area contributed by atoms with Gasteiger partial charge < -0.3 is 10.8 Å². The van der Waals surface area contributed by atoms with Crippen LogP contribution in [0.25, 0.3) is 0 Å². The number of aliphatic hydroxyl groups excluding tert-OH is 1. The van der Waals surface area contributed by atoms with Crippen LogP contribution in [0.3, 0.4) is 0 Å². The zero-order valence-corrected chi connectivity index (χ0v) is 9.04. The van der Waals surface area contributed by atoms with Crippen molar-refractivity contribution in [2.75, 3.05) is 6.54 Å². The summed E-state index contributed by atoms with van der Waals surface area (Å²) in [7, 11) is 0. The third-order valence-electron chi connectivity index (χ3n) is 2.22. The highest BCUT2D eigenvalue weighted by Gasteiger charge is 2.23. The SMILES string of the molecule is CC(C)(C)c1[nH]ncc1[C@@H](O)CCN. The van der Waals surface area contributed by atoms with Crippen LogP contribution in [-0.4, -0.2) is 21.8 Å². The second-order valence-corrected chi connectivity index (χ2v) is 4.54. The van der Waals surface area contributed by atoms with E-state index in [0.29, 0.717) is 13.0 Å². The van der Waals surface area contributed by atoms with Crippen LogP contribution >= 0.6 is 0 Å². The smallest absolute Gasteiger partial charge is 0.0835 e. The Balaban J connectivity index is 2.93. The van der Waals surface area contributed by atoms with E-state index >= 15 is 0 Å². The minimum Gasteiger partial charge on any atom is -0.388 e. The third-order valence-corrected chi connectivity index (χ3v) is 2.22. The fourth-order valence-corrected chi connectivity index (χ4v) is 1.46. The molecule has 1 aromatic heterocycles. The molecule has 0 amide bonds. The molecule has 0 unspecified atom stereocenters. The van der Waals surface area contributed by atoms with E-state index in [2.05, 4.69) is 31.0 Å². The number of aliphatic hydroxyl groups is 1. The Morgan fingerprint density at radius 2 is 2.21 bits per heavy atom. The van der Waals surface area contributed by atoms with Crippen LogP contribution in [0.15, 0.2) is 6.20 Å². The van der Waals surface area contributed by atoms with Gasteiger partial charge in [0, 0.05) is 16.7 Å². The molecule has 1 aromatic rings. The molecule has 0 aliphatic rings. The standard InChI is InChI=1S/C10H19N3O/c1-10(2,3)9-7(6-12-13-9)8(14)4-5-11/h6,8,14H,4-5,11H2,1-3H3,(H,12,13)/t8-/m0/s1. The van der Waals surface area contributed by atoms with Crippen molar-refractivity contribution < 1.29 is 5.11 Å². The average molecular weight is 197 g/mol. The molecule has 80 valence electrons. The summed E-state index contributed by atoms with van der Waals surface area (Å²) in [6, 6.07) is 0. The molecule has 1 atom stereocenters.